The summed E-state index contributed by atoms with van der Waals surface area (Å²) in [6, 6.07) is 15.8. The van der Waals surface area contributed by atoms with Crippen LogP contribution in [0, 0.1) is 0 Å². The van der Waals surface area contributed by atoms with E-state index in [1.807, 2.05) is 54.7 Å². The van der Waals surface area contributed by atoms with Gasteiger partial charge >= 0.3 is 0 Å². The van der Waals surface area contributed by atoms with Crippen LogP contribution in [0.4, 0.5) is 5.82 Å². The number of aldehydes is 1. The van der Waals surface area contributed by atoms with Crippen LogP contribution in [0.2, 0.25) is 0 Å². The molecule has 4 rings (SSSR count). The van der Waals surface area contributed by atoms with Crippen LogP contribution in [0.25, 0.3) is 16.9 Å². The fraction of sp³-hybridized carbons (Fsp3) is 0.0526. The highest BCUT2D eigenvalue weighted by atomic mass is 16.1. The molecule has 0 radical (unpaired) electrons. The molecular formula is C19H16N5O+. The summed E-state index contributed by atoms with van der Waals surface area (Å²) in [5, 5.41) is 6.45. The maximum atomic E-state index is 11.3. The molecule has 0 bridgehead atoms. The number of pyridine rings is 1. The lowest BCUT2D eigenvalue weighted by atomic mass is 10.1. The molecule has 0 spiro atoms. The monoisotopic (exact) mass is 330 g/mol. The second-order valence-corrected chi connectivity index (χ2v) is 5.61. The first-order chi connectivity index (χ1) is 12.3. The standard InChI is InChI=1S/C19H15N5O/c25-13-16-12-22-24-18(21-11-14-5-4-8-20-10-14)9-17(23-19(16)24)15-6-2-1-3-7-15/h1-10,12-13H,11H2,(H,21,22,23,25)/p+1. The lowest BCUT2D eigenvalue weighted by Gasteiger charge is -2.04. The van der Waals surface area contributed by atoms with Gasteiger partial charge in [-0.05, 0) is 6.07 Å². The van der Waals surface area contributed by atoms with Crippen LogP contribution < -0.4 is 9.83 Å². The van der Waals surface area contributed by atoms with E-state index in [1.165, 1.54) is 0 Å². The van der Waals surface area contributed by atoms with Crippen molar-refractivity contribution in [1.82, 2.24) is 15.1 Å². The zero-order valence-corrected chi connectivity index (χ0v) is 13.4. The lowest BCUT2D eigenvalue weighted by Crippen LogP contribution is -2.29. The first kappa shape index (κ1) is 15.0. The zero-order valence-electron chi connectivity index (χ0n) is 13.4. The number of fused-ring (bicyclic) bond motifs is 1. The molecule has 3 aromatic heterocycles. The van der Waals surface area contributed by atoms with Crippen molar-refractivity contribution in [2.75, 3.05) is 5.32 Å². The molecular weight excluding hydrogens is 314 g/mol. The number of rotatable bonds is 5. The zero-order chi connectivity index (χ0) is 17.1. The van der Waals surface area contributed by atoms with Gasteiger partial charge in [0.25, 0.3) is 5.65 Å². The molecule has 6 nitrogen and oxygen atoms in total. The molecule has 0 aliphatic carbocycles. The van der Waals surface area contributed by atoms with Gasteiger partial charge in [-0.15, -0.1) is 9.50 Å². The topological polar surface area (TPSA) is 74.8 Å². The maximum Gasteiger partial charge on any atom is 0.297 e. The van der Waals surface area contributed by atoms with Crippen molar-refractivity contribution in [3.63, 3.8) is 0 Å². The molecule has 0 aliphatic rings. The summed E-state index contributed by atoms with van der Waals surface area (Å²) in [6.45, 7) is 0.615. The number of carbonyl (C=O) groups excluding carboxylic acids is 1. The van der Waals surface area contributed by atoms with E-state index in [9.17, 15) is 4.79 Å². The molecule has 3 heterocycles. The number of nitrogens with zero attached hydrogens (tertiary/aromatic N) is 3. The van der Waals surface area contributed by atoms with Crippen LogP contribution >= 0.6 is 0 Å². The molecule has 0 saturated heterocycles. The minimum Gasteiger partial charge on any atom is -0.300 e. The smallest absolute Gasteiger partial charge is 0.297 e. The fourth-order valence-electron chi connectivity index (χ4n) is 2.70. The average Bonchev–Trinajstić information content (AvgIpc) is 3.11. The minimum absolute atomic E-state index is 0.516. The van der Waals surface area contributed by atoms with Crippen LogP contribution in [0.15, 0.2) is 67.1 Å². The van der Waals surface area contributed by atoms with E-state index in [1.54, 1.807) is 16.9 Å². The Morgan fingerprint density at radius 3 is 2.80 bits per heavy atom. The van der Waals surface area contributed by atoms with Gasteiger partial charge in [0.15, 0.2) is 12.0 Å². The van der Waals surface area contributed by atoms with E-state index in [4.69, 9.17) is 0 Å². The summed E-state index contributed by atoms with van der Waals surface area (Å²) < 4.78 is 1.77. The van der Waals surface area contributed by atoms with E-state index in [2.05, 4.69) is 20.4 Å². The predicted molar refractivity (Wildman–Crippen MR) is 94.1 cm³/mol. The molecule has 2 N–H and O–H groups in total. The average molecular weight is 330 g/mol. The fourth-order valence-corrected chi connectivity index (χ4v) is 2.70. The second kappa shape index (κ2) is 6.52. The van der Waals surface area contributed by atoms with E-state index < -0.39 is 0 Å². The van der Waals surface area contributed by atoms with Gasteiger partial charge in [0.2, 0.25) is 5.82 Å². The van der Waals surface area contributed by atoms with Crippen molar-refractivity contribution in [1.29, 1.82) is 0 Å². The van der Waals surface area contributed by atoms with Crippen molar-refractivity contribution in [3.8, 4) is 11.3 Å². The van der Waals surface area contributed by atoms with Gasteiger partial charge < -0.3 is 0 Å². The van der Waals surface area contributed by atoms with Gasteiger partial charge in [-0.25, -0.2) is 0 Å². The number of benzene rings is 1. The Bertz CT molecular complexity index is 1010. The predicted octanol–water partition coefficient (Wildman–Crippen LogP) is 2.64. The molecule has 0 unspecified atom stereocenters. The van der Waals surface area contributed by atoms with Gasteiger partial charge in [-0.3, -0.25) is 20.2 Å². The Morgan fingerprint density at radius 2 is 2.04 bits per heavy atom. The summed E-state index contributed by atoms with van der Waals surface area (Å²) in [7, 11) is 0. The van der Waals surface area contributed by atoms with Crippen LogP contribution in [0.1, 0.15) is 15.9 Å². The van der Waals surface area contributed by atoms with Gasteiger partial charge in [-0.2, -0.15) is 0 Å². The molecule has 6 heteroatoms. The number of aromatic nitrogens is 4. The Labute approximate surface area is 144 Å². The maximum absolute atomic E-state index is 11.3. The first-order valence-electron chi connectivity index (χ1n) is 7.93. The molecule has 0 saturated carbocycles. The number of hydrogen-bond acceptors (Lipinski definition) is 4. The van der Waals surface area contributed by atoms with Crippen LogP contribution in [-0.4, -0.2) is 21.4 Å². The van der Waals surface area contributed by atoms with Crippen molar-refractivity contribution in [3.05, 3.63) is 78.2 Å². The number of carbonyl (C=O) groups is 1. The SMILES string of the molecule is O=Cc1c[nH][n+]2c(NCc3cccnc3)cc(-c3ccccc3)nc12. The minimum atomic E-state index is 0.516. The molecule has 0 amide bonds. The summed E-state index contributed by atoms with van der Waals surface area (Å²) >= 11 is 0. The molecule has 122 valence electrons. The Kier molecular flexibility index (Phi) is 3.92. The summed E-state index contributed by atoms with van der Waals surface area (Å²) in [6.07, 6.45) is 6.02. The molecule has 0 fully saturated rings. The molecule has 0 aliphatic heterocycles. The summed E-state index contributed by atoms with van der Waals surface area (Å²) in [4.78, 5) is 20.1. The Morgan fingerprint density at radius 1 is 1.16 bits per heavy atom. The number of hydrogen-bond donors (Lipinski definition) is 2. The quantitative estimate of drug-likeness (QED) is 0.436. The van der Waals surface area contributed by atoms with Crippen molar-refractivity contribution in [2.24, 2.45) is 0 Å². The largest absolute Gasteiger partial charge is 0.300 e. The number of anilines is 1. The van der Waals surface area contributed by atoms with Gasteiger partial charge in [0.05, 0.1) is 12.6 Å². The molecule has 25 heavy (non-hydrogen) atoms. The van der Waals surface area contributed by atoms with Gasteiger partial charge in [-0.1, -0.05) is 36.4 Å². The number of nitrogens with one attached hydrogen (secondary N) is 2. The Hall–Kier alpha value is -3.54. The van der Waals surface area contributed by atoms with E-state index in [0.717, 1.165) is 28.9 Å². The summed E-state index contributed by atoms with van der Waals surface area (Å²) in [5.41, 5.74) is 3.97. The third kappa shape index (κ3) is 2.97. The van der Waals surface area contributed by atoms with Gasteiger partial charge in [0, 0.05) is 29.7 Å². The van der Waals surface area contributed by atoms with E-state index in [0.29, 0.717) is 17.8 Å². The lowest BCUT2D eigenvalue weighted by molar-refractivity contribution is -0.564. The van der Waals surface area contributed by atoms with Gasteiger partial charge in [0.1, 0.15) is 5.56 Å². The highest BCUT2D eigenvalue weighted by Gasteiger charge is 2.18. The van der Waals surface area contributed by atoms with Crippen molar-refractivity contribution in [2.45, 2.75) is 6.54 Å². The van der Waals surface area contributed by atoms with Crippen molar-refractivity contribution < 1.29 is 9.31 Å². The third-order valence-corrected chi connectivity index (χ3v) is 3.95. The highest BCUT2D eigenvalue weighted by molar-refractivity contribution is 5.82. The Balaban J connectivity index is 1.78. The number of aromatic amines is 1. The molecule has 1 aromatic carbocycles. The highest BCUT2D eigenvalue weighted by Crippen LogP contribution is 2.20. The molecule has 0 atom stereocenters. The molecule has 4 aromatic rings. The normalized spacial score (nSPS) is 10.7. The summed E-state index contributed by atoms with van der Waals surface area (Å²) in [5.74, 6) is 0.820. The second-order valence-electron chi connectivity index (χ2n) is 5.61. The first-order valence-corrected chi connectivity index (χ1v) is 7.93. The van der Waals surface area contributed by atoms with Crippen LogP contribution in [0.3, 0.4) is 0 Å². The van der Waals surface area contributed by atoms with E-state index >= 15 is 0 Å². The third-order valence-electron chi connectivity index (χ3n) is 3.95. The van der Waals surface area contributed by atoms with E-state index in [-0.39, 0.29) is 0 Å². The number of H-pyrrole nitrogens is 1. The van der Waals surface area contributed by atoms with Crippen LogP contribution in [0.5, 0.6) is 0 Å². The van der Waals surface area contributed by atoms with Crippen molar-refractivity contribution >= 4 is 17.8 Å². The van der Waals surface area contributed by atoms with Crippen LogP contribution in [-0.2, 0) is 6.54 Å².